The van der Waals surface area contributed by atoms with Crippen molar-refractivity contribution in [2.24, 2.45) is 0 Å². The second kappa shape index (κ2) is 11.6. The summed E-state index contributed by atoms with van der Waals surface area (Å²) < 4.78 is 14.6. The molecular weight excluding hydrogens is 371 g/mol. The van der Waals surface area contributed by atoms with E-state index in [9.17, 15) is 4.39 Å². The van der Waals surface area contributed by atoms with E-state index in [2.05, 4.69) is 23.8 Å². The summed E-state index contributed by atoms with van der Waals surface area (Å²) in [5, 5.41) is 0. The molecule has 158 valence electrons. The van der Waals surface area contributed by atoms with Crippen molar-refractivity contribution in [1.29, 1.82) is 0 Å². The van der Waals surface area contributed by atoms with Crippen molar-refractivity contribution in [2.75, 3.05) is 0 Å². The molecule has 0 N–H and O–H groups in total. The third-order valence-corrected chi connectivity index (χ3v) is 5.58. The van der Waals surface area contributed by atoms with Crippen LogP contribution in [0.3, 0.4) is 0 Å². The molecular formula is C27H33FN2. The van der Waals surface area contributed by atoms with Gasteiger partial charge in [0.1, 0.15) is 5.82 Å². The van der Waals surface area contributed by atoms with Crippen LogP contribution in [0.2, 0.25) is 0 Å². The van der Waals surface area contributed by atoms with Gasteiger partial charge >= 0.3 is 0 Å². The molecule has 0 aliphatic heterocycles. The Balaban J connectivity index is 1.64. The van der Waals surface area contributed by atoms with Gasteiger partial charge in [-0.2, -0.15) is 0 Å². The van der Waals surface area contributed by atoms with Crippen molar-refractivity contribution in [1.82, 2.24) is 9.97 Å². The van der Waals surface area contributed by atoms with Crippen molar-refractivity contribution in [3.8, 4) is 22.5 Å². The van der Waals surface area contributed by atoms with E-state index in [1.165, 1.54) is 44.1 Å². The minimum absolute atomic E-state index is 0.152. The van der Waals surface area contributed by atoms with Crippen LogP contribution in [0.15, 0.2) is 54.9 Å². The van der Waals surface area contributed by atoms with Crippen LogP contribution in [0, 0.1) is 5.82 Å². The van der Waals surface area contributed by atoms with E-state index in [4.69, 9.17) is 0 Å². The predicted molar refractivity (Wildman–Crippen MR) is 124 cm³/mol. The molecule has 0 aliphatic rings. The van der Waals surface area contributed by atoms with Gasteiger partial charge in [-0.25, -0.2) is 14.4 Å². The largest absolute Gasteiger partial charge is 0.236 e. The summed E-state index contributed by atoms with van der Waals surface area (Å²) >= 11 is 0. The summed E-state index contributed by atoms with van der Waals surface area (Å²) in [6.45, 7) is 4.41. The molecule has 0 unspecified atom stereocenters. The molecule has 0 spiro atoms. The number of aromatic nitrogens is 2. The molecule has 1 heterocycles. The molecule has 30 heavy (non-hydrogen) atoms. The van der Waals surface area contributed by atoms with E-state index in [0.717, 1.165) is 36.0 Å². The third kappa shape index (κ3) is 6.22. The van der Waals surface area contributed by atoms with Gasteiger partial charge in [-0.05, 0) is 48.4 Å². The van der Waals surface area contributed by atoms with Crippen molar-refractivity contribution >= 4 is 0 Å². The Bertz CT molecular complexity index is 901. The second-order valence-electron chi connectivity index (χ2n) is 8.07. The topological polar surface area (TPSA) is 25.8 Å². The Morgan fingerprint density at radius 3 is 1.93 bits per heavy atom. The van der Waals surface area contributed by atoms with Crippen LogP contribution in [0.5, 0.6) is 0 Å². The number of halogens is 1. The van der Waals surface area contributed by atoms with Gasteiger partial charge in [0.05, 0.1) is 0 Å². The fraction of sp³-hybridized carbons (Fsp3) is 0.407. The minimum atomic E-state index is -0.152. The predicted octanol–water partition coefficient (Wildman–Crippen LogP) is 7.81. The summed E-state index contributed by atoms with van der Waals surface area (Å²) in [6, 6.07) is 13.5. The van der Waals surface area contributed by atoms with E-state index in [1.54, 1.807) is 6.07 Å². The van der Waals surface area contributed by atoms with Gasteiger partial charge in [0, 0.05) is 23.5 Å². The van der Waals surface area contributed by atoms with Gasteiger partial charge in [0.25, 0.3) is 0 Å². The zero-order valence-electron chi connectivity index (χ0n) is 18.3. The summed E-state index contributed by atoms with van der Waals surface area (Å²) in [5.41, 5.74) is 4.73. The summed E-state index contributed by atoms with van der Waals surface area (Å²) in [6.07, 6.45) is 14.3. The number of hydrogen-bond acceptors (Lipinski definition) is 2. The first-order chi connectivity index (χ1) is 14.7. The molecule has 0 fully saturated rings. The zero-order valence-corrected chi connectivity index (χ0v) is 18.3. The zero-order chi connectivity index (χ0) is 21.2. The van der Waals surface area contributed by atoms with Crippen molar-refractivity contribution in [3.63, 3.8) is 0 Å². The number of benzene rings is 2. The average molecular weight is 405 g/mol. The van der Waals surface area contributed by atoms with Crippen molar-refractivity contribution in [3.05, 3.63) is 71.8 Å². The van der Waals surface area contributed by atoms with E-state index >= 15 is 0 Å². The van der Waals surface area contributed by atoms with Crippen LogP contribution in [-0.4, -0.2) is 9.97 Å². The van der Waals surface area contributed by atoms with Crippen LogP contribution in [0.1, 0.15) is 69.9 Å². The van der Waals surface area contributed by atoms with Crippen LogP contribution in [0.4, 0.5) is 4.39 Å². The Kier molecular flexibility index (Phi) is 8.55. The van der Waals surface area contributed by atoms with Crippen molar-refractivity contribution in [2.45, 2.75) is 71.6 Å². The monoisotopic (exact) mass is 404 g/mol. The summed E-state index contributed by atoms with van der Waals surface area (Å²) in [4.78, 5) is 9.06. The number of nitrogens with zero attached hydrogens (tertiary/aromatic N) is 2. The molecule has 3 heteroatoms. The Labute approximate surface area is 180 Å². The summed E-state index contributed by atoms with van der Waals surface area (Å²) in [5.74, 6) is 0.561. The molecule has 3 rings (SSSR count). The van der Waals surface area contributed by atoms with Crippen LogP contribution in [-0.2, 0) is 12.8 Å². The summed E-state index contributed by atoms with van der Waals surface area (Å²) in [7, 11) is 0. The van der Waals surface area contributed by atoms with E-state index in [0.29, 0.717) is 11.4 Å². The van der Waals surface area contributed by atoms with Gasteiger partial charge in [-0.1, -0.05) is 82.3 Å². The maximum Gasteiger partial charge on any atom is 0.159 e. The third-order valence-electron chi connectivity index (χ3n) is 5.58. The lowest BCUT2D eigenvalue weighted by Gasteiger charge is -2.08. The molecule has 1 aromatic heterocycles. The van der Waals surface area contributed by atoms with Gasteiger partial charge in [-0.3, -0.25) is 0 Å². The Hall–Kier alpha value is -2.55. The quantitative estimate of drug-likeness (QED) is 0.305. The van der Waals surface area contributed by atoms with Crippen LogP contribution < -0.4 is 0 Å². The minimum Gasteiger partial charge on any atom is -0.236 e. The number of rotatable bonds is 11. The second-order valence-corrected chi connectivity index (χ2v) is 8.07. The fourth-order valence-electron chi connectivity index (χ4n) is 3.72. The molecule has 0 aliphatic carbocycles. The van der Waals surface area contributed by atoms with E-state index < -0.39 is 0 Å². The van der Waals surface area contributed by atoms with Crippen LogP contribution in [0.25, 0.3) is 22.5 Å². The number of aryl methyl sites for hydroxylation is 2. The van der Waals surface area contributed by atoms with Crippen molar-refractivity contribution < 1.29 is 4.39 Å². The van der Waals surface area contributed by atoms with Gasteiger partial charge in [0.15, 0.2) is 5.82 Å². The van der Waals surface area contributed by atoms with Crippen LogP contribution >= 0.6 is 0 Å². The normalized spacial score (nSPS) is 11.0. The first kappa shape index (κ1) is 22.1. The van der Waals surface area contributed by atoms with Gasteiger partial charge < -0.3 is 0 Å². The smallest absolute Gasteiger partial charge is 0.159 e. The highest BCUT2D eigenvalue weighted by Gasteiger charge is 2.08. The highest BCUT2D eigenvalue weighted by Crippen LogP contribution is 2.26. The lowest BCUT2D eigenvalue weighted by Crippen LogP contribution is -1.94. The highest BCUT2D eigenvalue weighted by molar-refractivity contribution is 5.68. The van der Waals surface area contributed by atoms with E-state index in [-0.39, 0.29) is 5.82 Å². The van der Waals surface area contributed by atoms with E-state index in [1.807, 2.05) is 48.8 Å². The maximum absolute atomic E-state index is 14.6. The lowest BCUT2D eigenvalue weighted by molar-refractivity contribution is 0.626. The highest BCUT2D eigenvalue weighted by atomic mass is 19.1. The molecule has 0 atom stereocenters. The SMILES string of the molecule is CCCCCCc1cnc(-c2ccc(-c3ccc(CCCCC)cc3F)cc2)nc1. The number of hydrogen-bond donors (Lipinski definition) is 0. The Morgan fingerprint density at radius 1 is 0.667 bits per heavy atom. The molecule has 0 radical (unpaired) electrons. The molecule has 0 bridgehead atoms. The molecule has 2 nitrogen and oxygen atoms in total. The molecule has 0 amide bonds. The fourth-order valence-corrected chi connectivity index (χ4v) is 3.72. The molecule has 3 aromatic rings. The molecule has 2 aromatic carbocycles. The van der Waals surface area contributed by atoms with Gasteiger partial charge in [0.2, 0.25) is 0 Å². The maximum atomic E-state index is 14.6. The first-order valence-electron chi connectivity index (χ1n) is 11.4. The average Bonchev–Trinajstić information content (AvgIpc) is 2.78. The Morgan fingerprint density at radius 2 is 1.27 bits per heavy atom. The number of unbranched alkanes of at least 4 members (excludes halogenated alkanes) is 5. The molecule has 0 saturated heterocycles. The standard InChI is InChI=1S/C27H33FN2/c1-3-5-7-9-11-22-19-29-27(30-20-22)24-15-13-23(14-16-24)25-17-12-21(18-26(25)28)10-8-6-4-2/h12-20H,3-11H2,1-2H3. The molecule has 0 saturated carbocycles. The lowest BCUT2D eigenvalue weighted by atomic mass is 9.99. The van der Waals surface area contributed by atoms with Gasteiger partial charge in [-0.15, -0.1) is 0 Å². The first-order valence-corrected chi connectivity index (χ1v) is 11.4.